The second-order valence-corrected chi connectivity index (χ2v) is 8.00. The van der Waals surface area contributed by atoms with Gasteiger partial charge in [-0.3, -0.25) is 0 Å². The highest BCUT2D eigenvalue weighted by molar-refractivity contribution is 7.89. The van der Waals surface area contributed by atoms with Gasteiger partial charge in [-0.2, -0.15) is 4.31 Å². The molecule has 0 saturated heterocycles. The molecule has 0 bridgehead atoms. The van der Waals surface area contributed by atoms with E-state index in [1.165, 1.54) is 4.31 Å². The van der Waals surface area contributed by atoms with Gasteiger partial charge in [-0.05, 0) is 48.4 Å². The SMILES string of the molecule is COc1ccc(S(=O)(=O)N(C)Cc2ccc(N(C)C)cc2)cc1C. The van der Waals surface area contributed by atoms with Crippen LogP contribution in [0.15, 0.2) is 47.4 Å². The number of hydrogen-bond acceptors (Lipinski definition) is 4. The zero-order chi connectivity index (χ0) is 17.9. The number of ether oxygens (including phenoxy) is 1. The molecule has 0 aliphatic rings. The van der Waals surface area contributed by atoms with E-state index in [9.17, 15) is 8.42 Å². The first kappa shape index (κ1) is 18.3. The summed E-state index contributed by atoms with van der Waals surface area (Å²) in [5.41, 5.74) is 2.81. The highest BCUT2D eigenvalue weighted by Gasteiger charge is 2.21. The van der Waals surface area contributed by atoms with Gasteiger partial charge >= 0.3 is 0 Å². The van der Waals surface area contributed by atoms with Gasteiger partial charge in [0, 0.05) is 33.4 Å². The smallest absolute Gasteiger partial charge is 0.243 e. The second-order valence-electron chi connectivity index (χ2n) is 5.95. The summed E-state index contributed by atoms with van der Waals surface area (Å²) in [6.07, 6.45) is 0. The number of methoxy groups -OCH3 is 1. The Labute approximate surface area is 144 Å². The average molecular weight is 348 g/mol. The van der Waals surface area contributed by atoms with Crippen molar-refractivity contribution in [3.8, 4) is 5.75 Å². The van der Waals surface area contributed by atoms with Gasteiger partial charge in [0.15, 0.2) is 0 Å². The summed E-state index contributed by atoms with van der Waals surface area (Å²) in [6, 6.07) is 12.7. The first-order chi connectivity index (χ1) is 11.3. The van der Waals surface area contributed by atoms with E-state index >= 15 is 0 Å². The number of benzene rings is 2. The number of aryl methyl sites for hydroxylation is 1. The van der Waals surface area contributed by atoms with Gasteiger partial charge in [0.2, 0.25) is 10.0 Å². The van der Waals surface area contributed by atoms with Crippen LogP contribution in [-0.4, -0.2) is 41.0 Å². The molecule has 0 amide bonds. The van der Waals surface area contributed by atoms with E-state index in [2.05, 4.69) is 0 Å². The number of anilines is 1. The van der Waals surface area contributed by atoms with Crippen molar-refractivity contribution in [3.05, 3.63) is 53.6 Å². The Morgan fingerprint density at radius 3 is 2.12 bits per heavy atom. The first-order valence-electron chi connectivity index (χ1n) is 7.63. The minimum Gasteiger partial charge on any atom is -0.496 e. The molecule has 0 unspecified atom stereocenters. The van der Waals surface area contributed by atoms with E-state index in [0.717, 1.165) is 16.8 Å². The summed E-state index contributed by atoms with van der Waals surface area (Å²) in [5.74, 6) is 0.677. The molecule has 2 aromatic rings. The zero-order valence-electron chi connectivity index (χ0n) is 14.8. The largest absolute Gasteiger partial charge is 0.496 e. The van der Waals surface area contributed by atoms with Crippen LogP contribution in [0.3, 0.4) is 0 Å². The van der Waals surface area contributed by atoms with E-state index < -0.39 is 10.0 Å². The van der Waals surface area contributed by atoms with Crippen molar-refractivity contribution in [1.29, 1.82) is 0 Å². The Morgan fingerprint density at radius 2 is 1.62 bits per heavy atom. The highest BCUT2D eigenvalue weighted by atomic mass is 32.2. The Hall–Kier alpha value is -2.05. The normalized spacial score (nSPS) is 11.6. The maximum Gasteiger partial charge on any atom is 0.243 e. The zero-order valence-corrected chi connectivity index (χ0v) is 15.6. The van der Waals surface area contributed by atoms with Crippen molar-refractivity contribution in [2.24, 2.45) is 0 Å². The summed E-state index contributed by atoms with van der Waals surface area (Å²) in [6.45, 7) is 2.15. The second kappa shape index (κ2) is 7.23. The molecule has 0 atom stereocenters. The van der Waals surface area contributed by atoms with Gasteiger partial charge in [-0.25, -0.2) is 8.42 Å². The van der Waals surface area contributed by atoms with Crippen LogP contribution in [0.1, 0.15) is 11.1 Å². The first-order valence-corrected chi connectivity index (χ1v) is 9.07. The minimum absolute atomic E-state index is 0.271. The molecule has 130 valence electrons. The summed E-state index contributed by atoms with van der Waals surface area (Å²) in [7, 11) is 3.56. The van der Waals surface area contributed by atoms with Crippen LogP contribution < -0.4 is 9.64 Å². The van der Waals surface area contributed by atoms with Crippen molar-refractivity contribution >= 4 is 15.7 Å². The van der Waals surface area contributed by atoms with Gasteiger partial charge in [-0.1, -0.05) is 12.1 Å². The molecule has 0 N–H and O–H groups in total. The fourth-order valence-electron chi connectivity index (χ4n) is 2.43. The Kier molecular flexibility index (Phi) is 5.51. The molecule has 0 radical (unpaired) electrons. The summed E-state index contributed by atoms with van der Waals surface area (Å²) in [4.78, 5) is 2.28. The van der Waals surface area contributed by atoms with Crippen LogP contribution in [0.2, 0.25) is 0 Å². The Balaban J connectivity index is 2.21. The lowest BCUT2D eigenvalue weighted by molar-refractivity contribution is 0.411. The van der Waals surface area contributed by atoms with E-state index in [0.29, 0.717) is 12.3 Å². The van der Waals surface area contributed by atoms with Gasteiger partial charge < -0.3 is 9.64 Å². The third kappa shape index (κ3) is 3.88. The fourth-order valence-corrected chi connectivity index (χ4v) is 3.68. The number of hydrogen-bond donors (Lipinski definition) is 0. The van der Waals surface area contributed by atoms with Crippen LogP contribution in [0.5, 0.6) is 5.75 Å². The Bertz CT molecular complexity index is 800. The van der Waals surface area contributed by atoms with Crippen molar-refractivity contribution in [2.45, 2.75) is 18.4 Å². The summed E-state index contributed by atoms with van der Waals surface area (Å²) in [5, 5.41) is 0. The van der Waals surface area contributed by atoms with Crippen LogP contribution in [0, 0.1) is 6.92 Å². The van der Waals surface area contributed by atoms with Crippen molar-refractivity contribution in [3.63, 3.8) is 0 Å². The van der Waals surface area contributed by atoms with Crippen LogP contribution in [0.25, 0.3) is 0 Å². The van der Waals surface area contributed by atoms with Crippen LogP contribution in [0.4, 0.5) is 5.69 Å². The molecule has 5 nitrogen and oxygen atoms in total. The van der Waals surface area contributed by atoms with Crippen LogP contribution >= 0.6 is 0 Å². The molecule has 0 spiro atoms. The predicted octanol–water partition coefficient (Wildman–Crippen LogP) is 2.89. The van der Waals surface area contributed by atoms with Gasteiger partial charge in [0.05, 0.1) is 12.0 Å². The molecule has 0 fully saturated rings. The minimum atomic E-state index is -3.54. The lowest BCUT2D eigenvalue weighted by Gasteiger charge is -2.19. The number of rotatable bonds is 6. The monoisotopic (exact) mass is 348 g/mol. The fraction of sp³-hybridized carbons (Fsp3) is 0.333. The summed E-state index contributed by atoms with van der Waals surface area (Å²) < 4.78 is 32.0. The van der Waals surface area contributed by atoms with Gasteiger partial charge in [0.25, 0.3) is 0 Å². The molecule has 2 aromatic carbocycles. The molecule has 24 heavy (non-hydrogen) atoms. The van der Waals surface area contributed by atoms with Crippen molar-refractivity contribution in [1.82, 2.24) is 4.31 Å². The molecule has 0 aromatic heterocycles. The van der Waals surface area contributed by atoms with Crippen LogP contribution in [-0.2, 0) is 16.6 Å². The number of nitrogens with zero attached hydrogens (tertiary/aromatic N) is 2. The van der Waals surface area contributed by atoms with Crippen molar-refractivity contribution < 1.29 is 13.2 Å². The molecule has 0 aliphatic heterocycles. The quantitative estimate of drug-likeness (QED) is 0.805. The lowest BCUT2D eigenvalue weighted by Crippen LogP contribution is -2.26. The highest BCUT2D eigenvalue weighted by Crippen LogP contribution is 2.24. The van der Waals surface area contributed by atoms with Crippen molar-refractivity contribution in [2.75, 3.05) is 33.2 Å². The predicted molar refractivity (Wildman–Crippen MR) is 97.2 cm³/mol. The topological polar surface area (TPSA) is 49.9 Å². The van der Waals surface area contributed by atoms with Gasteiger partial charge in [0.1, 0.15) is 5.75 Å². The molecule has 2 rings (SSSR count). The lowest BCUT2D eigenvalue weighted by atomic mass is 10.2. The maximum atomic E-state index is 12.7. The van der Waals surface area contributed by atoms with E-state index in [1.807, 2.05) is 50.2 Å². The standard InChI is InChI=1S/C18H24N2O3S/c1-14-12-17(10-11-18(14)23-5)24(21,22)20(4)13-15-6-8-16(9-7-15)19(2)3/h6-12H,13H2,1-5H3. The molecule has 0 aliphatic carbocycles. The van der Waals surface area contributed by atoms with E-state index in [-0.39, 0.29) is 4.90 Å². The molecule has 0 heterocycles. The number of sulfonamides is 1. The molecule has 0 saturated carbocycles. The van der Waals surface area contributed by atoms with Gasteiger partial charge in [-0.15, -0.1) is 0 Å². The molecular weight excluding hydrogens is 324 g/mol. The Morgan fingerprint density at radius 1 is 1.00 bits per heavy atom. The molecule has 6 heteroatoms. The van der Waals surface area contributed by atoms with E-state index in [1.54, 1.807) is 32.4 Å². The average Bonchev–Trinajstić information content (AvgIpc) is 2.55. The van der Waals surface area contributed by atoms with E-state index in [4.69, 9.17) is 4.74 Å². The molecular formula is C18H24N2O3S. The maximum absolute atomic E-state index is 12.7. The third-order valence-corrected chi connectivity index (χ3v) is 5.73. The summed E-state index contributed by atoms with van der Waals surface area (Å²) >= 11 is 0. The third-order valence-electron chi connectivity index (χ3n) is 3.93.